The van der Waals surface area contributed by atoms with E-state index in [1.807, 2.05) is 38.1 Å². The van der Waals surface area contributed by atoms with E-state index in [0.29, 0.717) is 24.5 Å². The Bertz CT molecular complexity index is 584. The van der Waals surface area contributed by atoms with Gasteiger partial charge < -0.3 is 15.1 Å². The Labute approximate surface area is 141 Å². The normalized spacial score (nSPS) is 16.7. The van der Waals surface area contributed by atoms with E-state index in [-0.39, 0.29) is 18.2 Å². The monoisotopic (exact) mass is 335 g/mol. The van der Waals surface area contributed by atoms with E-state index >= 15 is 0 Å². The molecule has 0 bridgehead atoms. The van der Waals surface area contributed by atoms with Crippen LogP contribution in [-0.4, -0.2) is 41.9 Å². The fourth-order valence-electron chi connectivity index (χ4n) is 2.32. The molecule has 124 valence electrons. The molecule has 23 heavy (non-hydrogen) atoms. The van der Waals surface area contributed by atoms with Crippen molar-refractivity contribution in [3.8, 4) is 0 Å². The van der Waals surface area contributed by atoms with Crippen molar-refractivity contribution in [3.05, 3.63) is 47.5 Å². The first kappa shape index (κ1) is 17.3. The first-order valence-corrected chi connectivity index (χ1v) is 8.02. The molecule has 0 saturated carbocycles. The second-order valence-corrected chi connectivity index (χ2v) is 6.21. The molecule has 1 atom stereocenters. The summed E-state index contributed by atoms with van der Waals surface area (Å²) in [6, 6.07) is 7.45. The Morgan fingerprint density at radius 3 is 2.83 bits per heavy atom. The summed E-state index contributed by atoms with van der Waals surface area (Å²) in [4.78, 5) is 19.3. The number of amides is 2. The molecule has 6 heteroatoms. The van der Waals surface area contributed by atoms with Crippen LogP contribution in [0.15, 0.2) is 42.1 Å². The molecule has 1 N–H and O–H groups in total. The molecule has 5 nitrogen and oxygen atoms in total. The average Bonchev–Trinajstić information content (AvgIpc) is 2.95. The van der Waals surface area contributed by atoms with Crippen LogP contribution >= 0.6 is 11.6 Å². The van der Waals surface area contributed by atoms with E-state index in [9.17, 15) is 4.79 Å². The molecule has 1 unspecified atom stereocenters. The molecular formula is C17H22ClN3O2. The summed E-state index contributed by atoms with van der Waals surface area (Å²) in [6.45, 7) is 8.49. The smallest absolute Gasteiger partial charge is 0.318 e. The van der Waals surface area contributed by atoms with Crippen LogP contribution in [0.3, 0.4) is 0 Å². The highest BCUT2D eigenvalue weighted by Crippen LogP contribution is 2.19. The van der Waals surface area contributed by atoms with Gasteiger partial charge in [0, 0.05) is 24.0 Å². The molecule has 0 radical (unpaired) electrons. The number of halogens is 1. The molecular weight excluding hydrogens is 314 g/mol. The number of benzene rings is 1. The van der Waals surface area contributed by atoms with Gasteiger partial charge in [0.15, 0.2) is 6.10 Å². The molecule has 1 aromatic carbocycles. The van der Waals surface area contributed by atoms with Crippen LogP contribution in [0.25, 0.3) is 0 Å². The Balaban J connectivity index is 1.94. The van der Waals surface area contributed by atoms with E-state index in [4.69, 9.17) is 16.4 Å². The first-order valence-electron chi connectivity index (χ1n) is 7.64. The molecule has 0 aliphatic carbocycles. The van der Waals surface area contributed by atoms with Gasteiger partial charge in [0.2, 0.25) is 0 Å². The van der Waals surface area contributed by atoms with Crippen molar-refractivity contribution in [1.82, 2.24) is 10.2 Å². The third-order valence-corrected chi connectivity index (χ3v) is 3.64. The maximum atomic E-state index is 12.2. The largest absolute Gasteiger partial charge is 0.390 e. The minimum atomic E-state index is -0.154. The zero-order valence-corrected chi connectivity index (χ0v) is 14.2. The van der Waals surface area contributed by atoms with Gasteiger partial charge in [0.1, 0.15) is 0 Å². The number of nitrogens with one attached hydrogen (secondary N) is 1. The van der Waals surface area contributed by atoms with Gasteiger partial charge in [-0.2, -0.15) is 0 Å². The van der Waals surface area contributed by atoms with Crippen LogP contribution in [0.1, 0.15) is 25.8 Å². The molecule has 1 aromatic rings. The summed E-state index contributed by atoms with van der Waals surface area (Å²) in [7, 11) is 0. The second kappa shape index (κ2) is 8.02. The SMILES string of the molecule is C=CCN(CC1CC(c2ccc(Cl)cc2)=NO1)C(=O)NC(C)C. The van der Waals surface area contributed by atoms with Gasteiger partial charge in [0.25, 0.3) is 0 Å². The maximum Gasteiger partial charge on any atom is 0.318 e. The molecule has 0 aromatic heterocycles. The number of carbonyl (C=O) groups is 1. The molecule has 1 heterocycles. The highest BCUT2D eigenvalue weighted by atomic mass is 35.5. The first-order chi connectivity index (χ1) is 11.0. The summed E-state index contributed by atoms with van der Waals surface area (Å²) in [6.07, 6.45) is 2.21. The summed E-state index contributed by atoms with van der Waals surface area (Å²) < 4.78 is 0. The van der Waals surface area contributed by atoms with E-state index in [0.717, 1.165) is 11.3 Å². The van der Waals surface area contributed by atoms with Gasteiger partial charge in [-0.15, -0.1) is 6.58 Å². The van der Waals surface area contributed by atoms with Gasteiger partial charge in [-0.3, -0.25) is 0 Å². The minimum Gasteiger partial charge on any atom is -0.390 e. The van der Waals surface area contributed by atoms with Crippen molar-refractivity contribution >= 4 is 23.3 Å². The lowest BCUT2D eigenvalue weighted by Crippen LogP contribution is -2.46. The van der Waals surface area contributed by atoms with Crippen molar-refractivity contribution in [1.29, 1.82) is 0 Å². The summed E-state index contributed by atoms with van der Waals surface area (Å²) in [5.74, 6) is 0. The molecule has 1 aliphatic rings. The Morgan fingerprint density at radius 2 is 2.22 bits per heavy atom. The highest BCUT2D eigenvalue weighted by Gasteiger charge is 2.26. The summed E-state index contributed by atoms with van der Waals surface area (Å²) >= 11 is 5.90. The van der Waals surface area contributed by atoms with Crippen LogP contribution in [0, 0.1) is 0 Å². The fourth-order valence-corrected chi connectivity index (χ4v) is 2.45. The Morgan fingerprint density at radius 1 is 1.52 bits per heavy atom. The van der Waals surface area contributed by atoms with E-state index in [1.165, 1.54) is 0 Å². The second-order valence-electron chi connectivity index (χ2n) is 5.77. The Kier molecular flexibility index (Phi) is 6.04. The number of urea groups is 1. The number of hydrogen-bond acceptors (Lipinski definition) is 3. The van der Waals surface area contributed by atoms with E-state index in [2.05, 4.69) is 17.1 Å². The lowest BCUT2D eigenvalue weighted by Gasteiger charge is -2.24. The zero-order valence-electron chi connectivity index (χ0n) is 13.5. The molecule has 1 aliphatic heterocycles. The number of carbonyl (C=O) groups excluding carboxylic acids is 1. The van der Waals surface area contributed by atoms with Crippen LogP contribution in [0.2, 0.25) is 5.02 Å². The number of rotatable bonds is 6. The molecule has 2 rings (SSSR count). The quantitative estimate of drug-likeness (QED) is 0.810. The fraction of sp³-hybridized carbons (Fsp3) is 0.412. The summed E-state index contributed by atoms with van der Waals surface area (Å²) in [5.41, 5.74) is 1.85. The van der Waals surface area contributed by atoms with Gasteiger partial charge in [-0.05, 0) is 31.5 Å². The van der Waals surface area contributed by atoms with Crippen molar-refractivity contribution in [3.63, 3.8) is 0 Å². The number of oxime groups is 1. The summed E-state index contributed by atoms with van der Waals surface area (Å²) in [5, 5.41) is 7.71. The Hall–Kier alpha value is -2.01. The predicted octanol–water partition coefficient (Wildman–Crippen LogP) is 3.44. The van der Waals surface area contributed by atoms with Crippen LogP contribution in [0.4, 0.5) is 4.79 Å². The lowest BCUT2D eigenvalue weighted by molar-refractivity contribution is 0.0626. The maximum absolute atomic E-state index is 12.2. The van der Waals surface area contributed by atoms with Crippen molar-refractivity contribution < 1.29 is 9.63 Å². The van der Waals surface area contributed by atoms with Gasteiger partial charge in [-0.1, -0.05) is 35.0 Å². The molecule has 0 spiro atoms. The standard InChI is InChI=1S/C17H22ClN3O2/c1-4-9-21(17(22)19-12(2)3)11-15-10-16(20-23-15)13-5-7-14(18)8-6-13/h4-8,12,15H,1,9-11H2,2-3H3,(H,19,22). The lowest BCUT2D eigenvalue weighted by atomic mass is 10.0. The highest BCUT2D eigenvalue weighted by molar-refractivity contribution is 6.30. The van der Waals surface area contributed by atoms with Crippen LogP contribution in [0.5, 0.6) is 0 Å². The van der Waals surface area contributed by atoms with Crippen molar-refractivity contribution in [2.45, 2.75) is 32.4 Å². The van der Waals surface area contributed by atoms with E-state index < -0.39 is 0 Å². The van der Waals surface area contributed by atoms with Gasteiger partial charge in [0.05, 0.1) is 12.3 Å². The van der Waals surface area contributed by atoms with E-state index in [1.54, 1.807) is 11.0 Å². The molecule has 0 fully saturated rings. The average molecular weight is 336 g/mol. The zero-order chi connectivity index (χ0) is 16.8. The molecule has 0 saturated heterocycles. The van der Waals surface area contributed by atoms with Crippen molar-refractivity contribution in [2.75, 3.05) is 13.1 Å². The minimum absolute atomic E-state index is 0.0835. The topological polar surface area (TPSA) is 53.9 Å². The van der Waals surface area contributed by atoms with Gasteiger partial charge >= 0.3 is 6.03 Å². The van der Waals surface area contributed by atoms with Crippen molar-refractivity contribution in [2.24, 2.45) is 5.16 Å². The third-order valence-electron chi connectivity index (χ3n) is 3.38. The third kappa shape index (κ3) is 4.99. The van der Waals surface area contributed by atoms with Crippen LogP contribution < -0.4 is 5.32 Å². The number of nitrogens with zero attached hydrogens (tertiary/aromatic N) is 2. The van der Waals surface area contributed by atoms with Gasteiger partial charge in [-0.25, -0.2) is 4.79 Å². The van der Waals surface area contributed by atoms with Crippen LogP contribution in [-0.2, 0) is 4.84 Å². The molecule has 2 amide bonds. The predicted molar refractivity (Wildman–Crippen MR) is 92.9 cm³/mol. The number of hydrogen-bond donors (Lipinski definition) is 1.